The maximum Gasteiger partial charge on any atom is 0.258 e. The van der Waals surface area contributed by atoms with Crippen molar-refractivity contribution in [3.8, 4) is 11.5 Å². The number of rotatable bonds is 5. The van der Waals surface area contributed by atoms with E-state index in [1.807, 2.05) is 31.2 Å². The number of aromatic nitrogens is 2. The Kier molecular flexibility index (Phi) is 4.14. The largest absolute Gasteiger partial charge is 0.504 e. The van der Waals surface area contributed by atoms with E-state index in [4.69, 9.17) is 4.74 Å². The van der Waals surface area contributed by atoms with Crippen LogP contribution in [0, 0.1) is 6.92 Å². The van der Waals surface area contributed by atoms with E-state index in [0.29, 0.717) is 17.1 Å². The van der Waals surface area contributed by atoms with Gasteiger partial charge in [-0.1, -0.05) is 17.7 Å². The fourth-order valence-corrected chi connectivity index (χ4v) is 2.16. The summed E-state index contributed by atoms with van der Waals surface area (Å²) in [5.41, 5.74) is 2.26. The Morgan fingerprint density at radius 2 is 2.09 bits per heavy atom. The average Bonchev–Trinajstić information content (AvgIpc) is 2.97. The van der Waals surface area contributed by atoms with Crippen molar-refractivity contribution in [2.75, 3.05) is 6.61 Å². The molecular formula is C17H17N3O3. The lowest BCUT2D eigenvalue weighted by Crippen LogP contribution is -2.28. The molecule has 6 nitrogen and oxygen atoms in total. The summed E-state index contributed by atoms with van der Waals surface area (Å²) in [4.78, 5) is 16.1. The van der Waals surface area contributed by atoms with Crippen LogP contribution in [0.4, 0.5) is 0 Å². The predicted molar refractivity (Wildman–Crippen MR) is 85.4 cm³/mol. The summed E-state index contributed by atoms with van der Waals surface area (Å²) in [6, 6.07) is 10.8. The number of hydrogen-bond acceptors (Lipinski definition) is 4. The third-order valence-electron chi connectivity index (χ3n) is 3.37. The summed E-state index contributed by atoms with van der Waals surface area (Å²) in [6.07, 6.45) is 3.55. The van der Waals surface area contributed by atoms with Gasteiger partial charge in [0.2, 0.25) is 0 Å². The second kappa shape index (κ2) is 6.39. The number of aryl methyl sites for hydroxylation is 1. The summed E-state index contributed by atoms with van der Waals surface area (Å²) in [5, 5.41) is 12.4. The van der Waals surface area contributed by atoms with Gasteiger partial charge in [-0.2, -0.15) is 0 Å². The van der Waals surface area contributed by atoms with E-state index in [1.165, 1.54) is 0 Å². The van der Waals surface area contributed by atoms with Crippen molar-refractivity contribution in [2.45, 2.75) is 13.5 Å². The molecule has 0 aliphatic carbocycles. The summed E-state index contributed by atoms with van der Waals surface area (Å²) < 4.78 is 7.12. The number of ether oxygens (including phenoxy) is 1. The molecule has 2 N–H and O–H groups in total. The minimum absolute atomic E-state index is 0.0539. The Morgan fingerprint density at radius 3 is 2.83 bits per heavy atom. The fraction of sp³-hybridized carbons (Fsp3) is 0.176. The first-order chi connectivity index (χ1) is 11.1. The Labute approximate surface area is 133 Å². The molecule has 0 saturated heterocycles. The van der Waals surface area contributed by atoms with Crippen LogP contribution in [0.1, 0.15) is 11.3 Å². The highest BCUT2D eigenvalue weighted by molar-refractivity contribution is 5.77. The summed E-state index contributed by atoms with van der Waals surface area (Å²) in [6.45, 7) is 2.21. The highest BCUT2D eigenvalue weighted by atomic mass is 16.5. The third-order valence-corrected chi connectivity index (χ3v) is 3.37. The molecule has 0 aliphatic heterocycles. The molecule has 1 amide bonds. The topological polar surface area (TPSA) is 75.9 Å². The van der Waals surface area contributed by atoms with Gasteiger partial charge in [0.05, 0.1) is 12.2 Å². The Morgan fingerprint density at radius 1 is 1.30 bits per heavy atom. The number of pyridine rings is 1. The van der Waals surface area contributed by atoms with Crippen molar-refractivity contribution in [1.82, 2.24) is 14.7 Å². The van der Waals surface area contributed by atoms with Crippen LogP contribution in [0.25, 0.3) is 5.65 Å². The number of fused-ring (bicyclic) bond motifs is 1. The predicted octanol–water partition coefficient (Wildman–Crippen LogP) is 2.04. The molecule has 118 valence electrons. The van der Waals surface area contributed by atoms with Crippen LogP contribution in [0.15, 0.2) is 48.8 Å². The lowest BCUT2D eigenvalue weighted by molar-refractivity contribution is -0.123. The van der Waals surface area contributed by atoms with E-state index in [-0.39, 0.29) is 24.8 Å². The third kappa shape index (κ3) is 3.60. The SMILES string of the molecule is Cc1ccc(OCC(=O)NCc2cn3cccc(O)c3n2)cc1. The molecule has 0 radical (unpaired) electrons. The van der Waals surface area contributed by atoms with Gasteiger partial charge >= 0.3 is 0 Å². The monoisotopic (exact) mass is 311 g/mol. The van der Waals surface area contributed by atoms with E-state index in [9.17, 15) is 9.90 Å². The molecule has 3 rings (SSSR count). The molecule has 0 saturated carbocycles. The van der Waals surface area contributed by atoms with Gasteiger partial charge in [-0.15, -0.1) is 0 Å². The van der Waals surface area contributed by atoms with Gasteiger partial charge in [0, 0.05) is 12.4 Å². The summed E-state index contributed by atoms with van der Waals surface area (Å²) in [5.74, 6) is 0.531. The number of nitrogens with one attached hydrogen (secondary N) is 1. The Balaban J connectivity index is 1.53. The van der Waals surface area contributed by atoms with Gasteiger partial charge in [-0.25, -0.2) is 4.98 Å². The molecular weight excluding hydrogens is 294 g/mol. The van der Waals surface area contributed by atoms with E-state index in [1.54, 1.807) is 28.9 Å². The van der Waals surface area contributed by atoms with Gasteiger partial charge in [-0.05, 0) is 31.2 Å². The summed E-state index contributed by atoms with van der Waals surface area (Å²) in [7, 11) is 0. The molecule has 0 unspecified atom stereocenters. The lowest BCUT2D eigenvalue weighted by atomic mass is 10.2. The van der Waals surface area contributed by atoms with Crippen molar-refractivity contribution in [1.29, 1.82) is 0 Å². The number of nitrogens with zero attached hydrogens (tertiary/aromatic N) is 2. The zero-order valence-electron chi connectivity index (χ0n) is 12.7. The van der Waals surface area contributed by atoms with Gasteiger partial charge in [0.15, 0.2) is 18.0 Å². The fourth-order valence-electron chi connectivity index (χ4n) is 2.16. The first kappa shape index (κ1) is 14.9. The van der Waals surface area contributed by atoms with E-state index >= 15 is 0 Å². The van der Waals surface area contributed by atoms with Gasteiger partial charge in [0.25, 0.3) is 5.91 Å². The molecule has 0 bridgehead atoms. The highest BCUT2D eigenvalue weighted by Gasteiger charge is 2.07. The molecule has 3 aromatic rings. The van der Waals surface area contributed by atoms with Crippen molar-refractivity contribution >= 4 is 11.6 Å². The zero-order valence-corrected chi connectivity index (χ0v) is 12.7. The van der Waals surface area contributed by atoms with Crippen LogP contribution in [-0.2, 0) is 11.3 Å². The quantitative estimate of drug-likeness (QED) is 0.756. The molecule has 2 heterocycles. The van der Waals surface area contributed by atoms with Crippen LogP contribution in [0.3, 0.4) is 0 Å². The minimum atomic E-state index is -0.230. The van der Waals surface area contributed by atoms with Crippen molar-refractivity contribution in [3.05, 3.63) is 60.0 Å². The molecule has 0 spiro atoms. The molecule has 0 fully saturated rings. The maximum atomic E-state index is 11.8. The van der Waals surface area contributed by atoms with Crippen LogP contribution in [0.2, 0.25) is 0 Å². The molecule has 6 heteroatoms. The van der Waals surface area contributed by atoms with E-state index in [2.05, 4.69) is 10.3 Å². The second-order valence-corrected chi connectivity index (χ2v) is 5.24. The summed E-state index contributed by atoms with van der Waals surface area (Å²) >= 11 is 0. The van der Waals surface area contributed by atoms with Crippen LogP contribution < -0.4 is 10.1 Å². The molecule has 1 aromatic carbocycles. The minimum Gasteiger partial charge on any atom is -0.504 e. The van der Waals surface area contributed by atoms with Crippen molar-refractivity contribution in [2.24, 2.45) is 0 Å². The number of carbonyl (C=O) groups excluding carboxylic acids is 1. The first-order valence-electron chi connectivity index (χ1n) is 7.23. The molecule has 2 aromatic heterocycles. The molecule has 23 heavy (non-hydrogen) atoms. The standard InChI is InChI=1S/C17H17N3O3/c1-12-4-6-14(7-5-12)23-11-16(22)18-9-13-10-20-8-2-3-15(21)17(20)19-13/h2-8,10,21H,9,11H2,1H3,(H,18,22). The van der Waals surface area contributed by atoms with E-state index in [0.717, 1.165) is 5.56 Å². The number of benzene rings is 1. The second-order valence-electron chi connectivity index (χ2n) is 5.24. The average molecular weight is 311 g/mol. The lowest BCUT2D eigenvalue weighted by Gasteiger charge is -2.06. The van der Waals surface area contributed by atoms with Crippen LogP contribution in [0.5, 0.6) is 11.5 Å². The molecule has 0 atom stereocenters. The number of imidazole rings is 1. The normalized spacial score (nSPS) is 10.7. The Hall–Kier alpha value is -3.02. The van der Waals surface area contributed by atoms with Gasteiger partial charge in [-0.3, -0.25) is 4.79 Å². The smallest absolute Gasteiger partial charge is 0.258 e. The van der Waals surface area contributed by atoms with Crippen LogP contribution >= 0.6 is 0 Å². The number of hydrogen-bond donors (Lipinski definition) is 2. The van der Waals surface area contributed by atoms with Gasteiger partial charge in [0.1, 0.15) is 5.75 Å². The highest BCUT2D eigenvalue weighted by Crippen LogP contribution is 2.16. The number of carbonyl (C=O) groups is 1. The number of amides is 1. The van der Waals surface area contributed by atoms with E-state index < -0.39 is 0 Å². The van der Waals surface area contributed by atoms with Gasteiger partial charge < -0.3 is 19.6 Å². The number of aromatic hydroxyl groups is 1. The molecule has 0 aliphatic rings. The van der Waals surface area contributed by atoms with Crippen molar-refractivity contribution in [3.63, 3.8) is 0 Å². The van der Waals surface area contributed by atoms with Crippen molar-refractivity contribution < 1.29 is 14.6 Å². The first-order valence-corrected chi connectivity index (χ1v) is 7.23. The Bertz CT molecular complexity index is 825. The van der Waals surface area contributed by atoms with Crippen LogP contribution in [-0.4, -0.2) is 27.0 Å². The maximum absolute atomic E-state index is 11.8. The zero-order chi connectivity index (χ0) is 16.2.